The second-order valence-electron chi connectivity index (χ2n) is 3.59. The summed E-state index contributed by atoms with van der Waals surface area (Å²) in [6.07, 6.45) is 2.75. The van der Waals surface area contributed by atoms with E-state index in [1.54, 1.807) is 12.3 Å². The van der Waals surface area contributed by atoms with Crippen LogP contribution in [0.1, 0.15) is 25.5 Å². The fourth-order valence-electron chi connectivity index (χ4n) is 1.27. The summed E-state index contributed by atoms with van der Waals surface area (Å²) >= 11 is 0. The van der Waals surface area contributed by atoms with Crippen LogP contribution in [0.25, 0.3) is 0 Å². The number of urea groups is 1. The van der Waals surface area contributed by atoms with E-state index in [2.05, 4.69) is 20.8 Å². The molecule has 1 rings (SSSR count). The highest BCUT2D eigenvalue weighted by Crippen LogP contribution is 1.94. The zero-order valence-corrected chi connectivity index (χ0v) is 9.36. The van der Waals surface area contributed by atoms with Crippen molar-refractivity contribution < 1.29 is 9.90 Å². The molecule has 6 heteroatoms. The number of amides is 2. The molecule has 1 unspecified atom stereocenters. The highest BCUT2D eigenvalue weighted by atomic mass is 16.3. The predicted octanol–water partition coefficient (Wildman–Crippen LogP) is 0.370. The lowest BCUT2D eigenvalue weighted by molar-refractivity contribution is 0.160. The van der Waals surface area contributed by atoms with Gasteiger partial charge < -0.3 is 15.7 Å². The molecule has 0 spiro atoms. The molecule has 4 N–H and O–H groups in total. The number of rotatable bonds is 6. The molecule has 1 atom stereocenters. The Hall–Kier alpha value is -1.56. The van der Waals surface area contributed by atoms with Crippen molar-refractivity contribution in [1.82, 2.24) is 20.8 Å². The van der Waals surface area contributed by atoms with Crippen molar-refractivity contribution >= 4 is 6.03 Å². The summed E-state index contributed by atoms with van der Waals surface area (Å²) in [4.78, 5) is 11.3. The number of aliphatic hydroxyl groups is 1. The summed E-state index contributed by atoms with van der Waals surface area (Å²) in [5, 5.41) is 21.1. The number of nitrogens with one attached hydrogen (secondary N) is 3. The van der Waals surface area contributed by atoms with Crippen molar-refractivity contribution in [2.24, 2.45) is 0 Å². The van der Waals surface area contributed by atoms with Crippen molar-refractivity contribution in [1.29, 1.82) is 0 Å². The van der Waals surface area contributed by atoms with Gasteiger partial charge in [-0.1, -0.05) is 13.3 Å². The molecule has 0 aliphatic heterocycles. The lowest BCUT2D eigenvalue weighted by Crippen LogP contribution is -2.39. The number of aliphatic hydroxyl groups excluding tert-OH is 1. The first-order chi connectivity index (χ1) is 7.72. The quantitative estimate of drug-likeness (QED) is 0.565. The highest BCUT2D eigenvalue weighted by molar-refractivity contribution is 5.73. The standard InChI is InChI=1S/C10H18N4O2/c1-2-3-9(15)7-12-10(16)11-6-8-4-5-13-14-8/h4-5,9,15H,2-3,6-7H2,1H3,(H,13,14)(H2,11,12,16). The van der Waals surface area contributed by atoms with Gasteiger partial charge in [0.2, 0.25) is 0 Å². The molecule has 1 aromatic rings. The average Bonchev–Trinajstić information content (AvgIpc) is 2.77. The van der Waals surface area contributed by atoms with E-state index in [4.69, 9.17) is 0 Å². The first-order valence-corrected chi connectivity index (χ1v) is 5.40. The van der Waals surface area contributed by atoms with E-state index in [1.807, 2.05) is 6.92 Å². The Labute approximate surface area is 94.4 Å². The number of hydrogen-bond donors (Lipinski definition) is 4. The normalized spacial score (nSPS) is 12.1. The summed E-state index contributed by atoms with van der Waals surface area (Å²) in [5.41, 5.74) is 0.837. The fraction of sp³-hybridized carbons (Fsp3) is 0.600. The maximum absolute atomic E-state index is 11.3. The van der Waals surface area contributed by atoms with Crippen LogP contribution >= 0.6 is 0 Å². The summed E-state index contributed by atoms with van der Waals surface area (Å²) < 4.78 is 0. The van der Waals surface area contributed by atoms with Crippen molar-refractivity contribution in [2.45, 2.75) is 32.4 Å². The molecule has 1 heterocycles. The van der Waals surface area contributed by atoms with Gasteiger partial charge in [0.25, 0.3) is 0 Å². The Balaban J connectivity index is 2.11. The van der Waals surface area contributed by atoms with Crippen molar-refractivity contribution in [3.63, 3.8) is 0 Å². The highest BCUT2D eigenvalue weighted by Gasteiger charge is 2.05. The van der Waals surface area contributed by atoms with Crippen LogP contribution in [0.3, 0.4) is 0 Å². The largest absolute Gasteiger partial charge is 0.391 e. The van der Waals surface area contributed by atoms with E-state index in [0.717, 1.165) is 12.1 Å². The first kappa shape index (κ1) is 12.5. The van der Waals surface area contributed by atoms with Crippen LogP contribution in [-0.4, -0.2) is 34.0 Å². The number of hydrogen-bond acceptors (Lipinski definition) is 3. The molecule has 0 fully saturated rings. The maximum atomic E-state index is 11.3. The number of aromatic nitrogens is 2. The molecule has 0 radical (unpaired) electrons. The van der Waals surface area contributed by atoms with Gasteiger partial charge in [0.05, 0.1) is 18.3 Å². The summed E-state index contributed by atoms with van der Waals surface area (Å²) in [6, 6.07) is 1.50. The number of carbonyl (C=O) groups excluding carboxylic acids is 1. The monoisotopic (exact) mass is 226 g/mol. The van der Waals surface area contributed by atoms with Gasteiger partial charge in [0.15, 0.2) is 0 Å². The Morgan fingerprint density at radius 3 is 3.06 bits per heavy atom. The molecule has 1 aromatic heterocycles. The Morgan fingerprint density at radius 1 is 1.62 bits per heavy atom. The van der Waals surface area contributed by atoms with Gasteiger partial charge in [-0.05, 0) is 12.5 Å². The van der Waals surface area contributed by atoms with Crippen LogP contribution < -0.4 is 10.6 Å². The fourth-order valence-corrected chi connectivity index (χ4v) is 1.27. The minimum Gasteiger partial charge on any atom is -0.391 e. The van der Waals surface area contributed by atoms with Crippen LogP contribution in [0.5, 0.6) is 0 Å². The SMILES string of the molecule is CCCC(O)CNC(=O)NCc1ccn[nH]1. The van der Waals surface area contributed by atoms with Gasteiger partial charge in [-0.2, -0.15) is 5.10 Å². The minimum absolute atomic E-state index is 0.280. The van der Waals surface area contributed by atoms with Gasteiger partial charge in [-0.3, -0.25) is 5.10 Å². The van der Waals surface area contributed by atoms with Crippen LogP contribution in [0, 0.1) is 0 Å². The Bertz CT molecular complexity index is 300. The molecule has 2 amide bonds. The lowest BCUT2D eigenvalue weighted by Gasteiger charge is -2.11. The molecule has 0 aromatic carbocycles. The molecule has 0 saturated heterocycles. The summed E-state index contributed by atoms with van der Waals surface area (Å²) in [7, 11) is 0. The number of aromatic amines is 1. The van der Waals surface area contributed by atoms with E-state index in [1.165, 1.54) is 0 Å². The molecular formula is C10H18N4O2. The number of carbonyl (C=O) groups is 1. The summed E-state index contributed by atoms with van der Waals surface area (Å²) in [5.74, 6) is 0. The summed E-state index contributed by atoms with van der Waals surface area (Å²) in [6.45, 7) is 2.67. The Kier molecular flexibility index (Phi) is 5.35. The Morgan fingerprint density at radius 2 is 2.44 bits per heavy atom. The zero-order chi connectivity index (χ0) is 11.8. The number of H-pyrrole nitrogens is 1. The van der Waals surface area contributed by atoms with Gasteiger partial charge in [0.1, 0.15) is 0 Å². The molecular weight excluding hydrogens is 208 g/mol. The molecule has 0 bridgehead atoms. The van der Waals surface area contributed by atoms with Crippen molar-refractivity contribution in [3.05, 3.63) is 18.0 Å². The first-order valence-electron chi connectivity index (χ1n) is 5.40. The molecule has 16 heavy (non-hydrogen) atoms. The second-order valence-corrected chi connectivity index (χ2v) is 3.59. The average molecular weight is 226 g/mol. The van der Waals surface area contributed by atoms with Crippen molar-refractivity contribution in [2.75, 3.05) is 6.54 Å². The minimum atomic E-state index is -0.470. The molecule has 0 aliphatic rings. The van der Waals surface area contributed by atoms with Gasteiger partial charge in [-0.25, -0.2) is 4.79 Å². The van der Waals surface area contributed by atoms with Crippen LogP contribution in [0.2, 0.25) is 0 Å². The van der Waals surface area contributed by atoms with E-state index in [-0.39, 0.29) is 12.6 Å². The third-order valence-electron chi connectivity index (χ3n) is 2.12. The third-order valence-corrected chi connectivity index (χ3v) is 2.12. The van der Waals surface area contributed by atoms with Gasteiger partial charge in [0, 0.05) is 12.7 Å². The molecule has 0 aliphatic carbocycles. The van der Waals surface area contributed by atoms with Crippen LogP contribution in [0.4, 0.5) is 4.79 Å². The zero-order valence-electron chi connectivity index (χ0n) is 9.36. The molecule has 90 valence electrons. The van der Waals surface area contributed by atoms with E-state index >= 15 is 0 Å². The van der Waals surface area contributed by atoms with Crippen LogP contribution in [-0.2, 0) is 6.54 Å². The van der Waals surface area contributed by atoms with Gasteiger partial charge >= 0.3 is 6.03 Å². The second kappa shape index (κ2) is 6.84. The maximum Gasteiger partial charge on any atom is 0.315 e. The molecule has 6 nitrogen and oxygen atoms in total. The van der Waals surface area contributed by atoms with Crippen molar-refractivity contribution in [3.8, 4) is 0 Å². The van der Waals surface area contributed by atoms with E-state index < -0.39 is 6.10 Å². The lowest BCUT2D eigenvalue weighted by atomic mass is 10.2. The van der Waals surface area contributed by atoms with Crippen LogP contribution in [0.15, 0.2) is 12.3 Å². The topological polar surface area (TPSA) is 90.0 Å². The predicted molar refractivity (Wildman–Crippen MR) is 59.7 cm³/mol. The van der Waals surface area contributed by atoms with Gasteiger partial charge in [-0.15, -0.1) is 0 Å². The number of nitrogens with zero attached hydrogens (tertiary/aromatic N) is 1. The smallest absolute Gasteiger partial charge is 0.315 e. The van der Waals surface area contributed by atoms with E-state index in [9.17, 15) is 9.90 Å². The third kappa shape index (κ3) is 4.79. The van der Waals surface area contributed by atoms with E-state index in [0.29, 0.717) is 13.0 Å². The molecule has 0 saturated carbocycles.